The number of aliphatic carboxylic acids is 1. The maximum atomic E-state index is 12.6. The molecule has 4 N–H and O–H groups in total. The maximum Gasteiger partial charge on any atom is 0.472 e. The van der Waals surface area contributed by atoms with E-state index in [0.29, 0.717) is 19.3 Å². The van der Waals surface area contributed by atoms with Crippen LogP contribution >= 0.6 is 7.82 Å². The summed E-state index contributed by atoms with van der Waals surface area (Å²) in [5, 5.41) is 8.88. The third-order valence-electron chi connectivity index (χ3n) is 8.41. The van der Waals surface area contributed by atoms with Gasteiger partial charge in [-0.15, -0.1) is 0 Å². The molecule has 0 heterocycles. The largest absolute Gasteiger partial charge is 0.480 e. The summed E-state index contributed by atoms with van der Waals surface area (Å²) in [6, 6.07) is -1.55. The Bertz CT molecular complexity index is 1300. The lowest BCUT2D eigenvalue weighted by Gasteiger charge is -2.20. The maximum absolute atomic E-state index is 12.6. The number of carboxylic acids is 1. The molecule has 0 aliphatic rings. The highest BCUT2D eigenvalue weighted by Gasteiger charge is 2.28. The van der Waals surface area contributed by atoms with Gasteiger partial charge in [0.15, 0.2) is 11.9 Å². The Balaban J connectivity index is 4.53. The van der Waals surface area contributed by atoms with E-state index in [9.17, 15) is 28.6 Å². The fourth-order valence-electron chi connectivity index (χ4n) is 5.09. The number of carboxylic acid groups (broad SMARTS) is 1. The van der Waals surface area contributed by atoms with Gasteiger partial charge in [0.25, 0.3) is 0 Å². The Labute approximate surface area is 342 Å². The van der Waals surface area contributed by atoms with Gasteiger partial charge in [0, 0.05) is 19.3 Å². The first-order chi connectivity index (χ1) is 27.5. The molecule has 12 nitrogen and oxygen atoms in total. The number of hydrogen-bond donors (Lipinski definition) is 3. The van der Waals surface area contributed by atoms with Gasteiger partial charge in [-0.2, -0.15) is 0 Å². The summed E-state index contributed by atoms with van der Waals surface area (Å²) < 4.78 is 32.5. The van der Waals surface area contributed by atoms with Gasteiger partial charge in [0.05, 0.1) is 13.2 Å². The molecule has 3 atom stereocenters. The minimum Gasteiger partial charge on any atom is -0.480 e. The van der Waals surface area contributed by atoms with Crippen LogP contribution in [0.4, 0.5) is 0 Å². The van der Waals surface area contributed by atoms with Gasteiger partial charge in [-0.1, -0.05) is 126 Å². The molecule has 0 saturated carbocycles. The lowest BCUT2D eigenvalue weighted by atomic mass is 10.1. The van der Waals surface area contributed by atoms with Crippen LogP contribution in [0.1, 0.15) is 149 Å². The summed E-state index contributed by atoms with van der Waals surface area (Å²) in [5.74, 6) is -2.44. The van der Waals surface area contributed by atoms with Crippen molar-refractivity contribution in [3.8, 4) is 0 Å². The van der Waals surface area contributed by atoms with Crippen molar-refractivity contribution in [2.75, 3.05) is 19.8 Å². The van der Waals surface area contributed by atoms with Gasteiger partial charge < -0.3 is 25.2 Å². The molecule has 0 radical (unpaired) electrons. The van der Waals surface area contributed by atoms with E-state index in [1.54, 1.807) is 12.2 Å². The molecule has 0 spiro atoms. The highest BCUT2D eigenvalue weighted by atomic mass is 31.2. The summed E-state index contributed by atoms with van der Waals surface area (Å²) in [4.78, 5) is 57.9. The molecule has 0 aromatic carbocycles. The van der Waals surface area contributed by atoms with Crippen molar-refractivity contribution in [2.45, 2.75) is 161 Å². The molecule has 0 aromatic rings. The van der Waals surface area contributed by atoms with Gasteiger partial charge in [-0.25, -0.2) is 4.57 Å². The quantitative estimate of drug-likeness (QED) is 0.0134. The number of carbonyl (C=O) groups excluding carboxylic acids is 3. The first-order valence-electron chi connectivity index (χ1n) is 20.9. The minimum absolute atomic E-state index is 0.0678. The van der Waals surface area contributed by atoms with Crippen LogP contribution in [-0.4, -0.2) is 65.7 Å². The number of rotatable bonds is 38. The highest BCUT2D eigenvalue weighted by molar-refractivity contribution is 7.47. The van der Waals surface area contributed by atoms with Crippen LogP contribution in [0.2, 0.25) is 0 Å². The van der Waals surface area contributed by atoms with E-state index < -0.39 is 57.7 Å². The van der Waals surface area contributed by atoms with Gasteiger partial charge in [0.1, 0.15) is 12.6 Å². The molecule has 0 bridgehead atoms. The van der Waals surface area contributed by atoms with E-state index >= 15 is 0 Å². The number of allylic oxidation sites excluding steroid dienone is 12. The van der Waals surface area contributed by atoms with Crippen molar-refractivity contribution in [1.82, 2.24) is 0 Å². The molecule has 0 aromatic heterocycles. The number of carbonyl (C=O) groups is 4. The highest BCUT2D eigenvalue weighted by Crippen LogP contribution is 2.43. The molecule has 0 amide bonds. The molecule has 57 heavy (non-hydrogen) atoms. The third-order valence-corrected chi connectivity index (χ3v) is 9.37. The second-order valence-electron chi connectivity index (χ2n) is 13.8. The molecule has 13 heteroatoms. The van der Waals surface area contributed by atoms with Crippen molar-refractivity contribution in [2.24, 2.45) is 5.73 Å². The Hall–Kier alpha value is -3.41. The Morgan fingerprint density at radius 2 is 1.14 bits per heavy atom. The zero-order valence-corrected chi connectivity index (χ0v) is 35.5. The van der Waals surface area contributed by atoms with Gasteiger partial charge in [-0.05, 0) is 76.7 Å². The lowest BCUT2D eigenvalue weighted by Crippen LogP contribution is -2.34. The Morgan fingerprint density at radius 1 is 0.614 bits per heavy atom. The van der Waals surface area contributed by atoms with Crippen LogP contribution < -0.4 is 5.73 Å². The number of phosphoric ester groups is 1. The van der Waals surface area contributed by atoms with Crippen LogP contribution in [0.5, 0.6) is 0 Å². The number of unbranched alkanes of at least 4 members (excludes halogenated alkanes) is 11. The summed E-state index contributed by atoms with van der Waals surface area (Å²) >= 11 is 0. The predicted molar refractivity (Wildman–Crippen MR) is 226 cm³/mol. The van der Waals surface area contributed by atoms with Gasteiger partial charge in [0.2, 0.25) is 0 Å². The monoisotopic (exact) mass is 821 g/mol. The van der Waals surface area contributed by atoms with Crippen LogP contribution in [-0.2, 0) is 42.3 Å². The van der Waals surface area contributed by atoms with Gasteiger partial charge >= 0.3 is 25.7 Å². The number of ether oxygens (including phenoxy) is 2. The topological polar surface area (TPSA) is 189 Å². The second kappa shape index (κ2) is 38.1. The van der Waals surface area contributed by atoms with Crippen LogP contribution in [0, 0.1) is 0 Å². The molecular weight excluding hydrogens is 749 g/mol. The van der Waals surface area contributed by atoms with Crippen molar-refractivity contribution in [1.29, 1.82) is 0 Å². The van der Waals surface area contributed by atoms with Crippen LogP contribution in [0.25, 0.3) is 0 Å². The van der Waals surface area contributed by atoms with Crippen LogP contribution in [0.3, 0.4) is 0 Å². The molecular formula is C44H72NO11P. The van der Waals surface area contributed by atoms with E-state index in [2.05, 4.69) is 73.1 Å². The summed E-state index contributed by atoms with van der Waals surface area (Å²) in [5.41, 5.74) is 5.32. The number of phosphoric acid groups is 1. The average molecular weight is 822 g/mol. The number of nitrogens with two attached hydrogens (primary N) is 1. The molecule has 0 aliphatic carbocycles. The van der Waals surface area contributed by atoms with Crippen molar-refractivity contribution < 1.29 is 52.3 Å². The zero-order valence-electron chi connectivity index (χ0n) is 34.6. The second-order valence-corrected chi connectivity index (χ2v) is 15.2. The molecule has 324 valence electrons. The van der Waals surface area contributed by atoms with E-state index in [0.717, 1.165) is 89.9 Å². The van der Waals surface area contributed by atoms with Crippen molar-refractivity contribution in [3.05, 3.63) is 72.9 Å². The van der Waals surface area contributed by atoms with Crippen LogP contribution in [0.15, 0.2) is 72.9 Å². The van der Waals surface area contributed by atoms with E-state index in [1.165, 1.54) is 12.8 Å². The molecule has 0 fully saturated rings. The zero-order chi connectivity index (χ0) is 42.2. The first-order valence-corrected chi connectivity index (χ1v) is 22.4. The van der Waals surface area contributed by atoms with E-state index in [4.69, 9.17) is 24.8 Å². The fourth-order valence-corrected chi connectivity index (χ4v) is 5.87. The van der Waals surface area contributed by atoms with Crippen molar-refractivity contribution >= 4 is 31.5 Å². The van der Waals surface area contributed by atoms with Crippen molar-refractivity contribution in [3.63, 3.8) is 0 Å². The van der Waals surface area contributed by atoms with E-state index in [-0.39, 0.29) is 18.6 Å². The number of ketones is 1. The molecule has 1 unspecified atom stereocenters. The average Bonchev–Trinajstić information content (AvgIpc) is 3.18. The molecule has 0 aliphatic heterocycles. The molecule has 0 saturated heterocycles. The number of esters is 2. The first kappa shape index (κ1) is 53.6. The lowest BCUT2D eigenvalue weighted by molar-refractivity contribution is -0.161. The minimum atomic E-state index is -4.76. The number of hydrogen-bond acceptors (Lipinski definition) is 10. The smallest absolute Gasteiger partial charge is 0.472 e. The summed E-state index contributed by atoms with van der Waals surface area (Å²) in [6.07, 6.45) is 40.7. The Kier molecular flexibility index (Phi) is 35.8. The summed E-state index contributed by atoms with van der Waals surface area (Å²) in [6.45, 7) is 2.47. The van der Waals surface area contributed by atoms with E-state index in [1.807, 2.05) is 6.08 Å². The standard InChI is InChI=1S/C44H72NO11P/c1-3-5-7-9-11-12-13-14-15-16-17-18-19-20-22-26-30-34-42(47)53-36-40(37-54-57(51,52)55-38-41(45)44(49)50)56-43(48)35-31-27-23-25-29-33-39(46)32-28-24-21-10-8-6-4-2/h5,7,11-12,14-15,17-18,21,24,28,32,40-41H,3-4,6,8-10,13,16,19-20,22-23,25-27,29-31,33-38,45H2,1-2H3,(H,49,50)(H,51,52)/b7-5-,12-11-,15-14-,18-17-,24-21-,32-28+/t40-,41+/m1/s1. The summed E-state index contributed by atoms with van der Waals surface area (Å²) in [7, 11) is -4.76. The molecule has 0 rings (SSSR count). The SMILES string of the molecule is CC/C=C\C/C=C\C/C=C\C/C=C\CCCCCCC(=O)OC[C@H](COP(=O)(O)OC[C@H](N)C(=O)O)OC(=O)CCCCCCCC(=O)/C=C/C=C\CCCCC. The fraction of sp³-hybridized carbons (Fsp3) is 0.636. The Morgan fingerprint density at radius 3 is 1.77 bits per heavy atom. The predicted octanol–water partition coefficient (Wildman–Crippen LogP) is 10.1. The normalized spacial score (nSPS) is 14.4. The van der Waals surface area contributed by atoms with Gasteiger partial charge in [-0.3, -0.25) is 28.2 Å². The third kappa shape index (κ3) is 37.9.